The summed E-state index contributed by atoms with van der Waals surface area (Å²) < 4.78 is 9.31. The molecule has 1 unspecified atom stereocenters. The van der Waals surface area contributed by atoms with Crippen molar-refractivity contribution in [1.29, 1.82) is 0 Å². The predicted molar refractivity (Wildman–Crippen MR) is 111 cm³/mol. The molecule has 8 nitrogen and oxygen atoms in total. The van der Waals surface area contributed by atoms with Crippen LogP contribution >= 0.6 is 0 Å². The molecule has 1 heterocycles. The second-order valence-corrected chi connectivity index (χ2v) is 6.67. The lowest BCUT2D eigenvalue weighted by Gasteiger charge is -2.23. The summed E-state index contributed by atoms with van der Waals surface area (Å²) in [7, 11) is 2.44. The van der Waals surface area contributed by atoms with E-state index in [-0.39, 0.29) is 24.8 Å². The number of carbonyl (C=O) groups excluding carboxylic acids is 3. The Balaban J connectivity index is 1.91. The van der Waals surface area contributed by atoms with Crippen LogP contribution in [-0.4, -0.2) is 55.8 Å². The number of ether oxygens (including phenoxy) is 2. The maximum Gasteiger partial charge on any atom is 0.325 e. The van der Waals surface area contributed by atoms with Crippen molar-refractivity contribution >= 4 is 29.2 Å². The van der Waals surface area contributed by atoms with E-state index in [0.717, 1.165) is 16.2 Å². The summed E-state index contributed by atoms with van der Waals surface area (Å²) in [6.45, 7) is -0.740. The first-order valence-electron chi connectivity index (χ1n) is 9.43. The Kier molecular flexibility index (Phi) is 6.79. The summed E-state index contributed by atoms with van der Waals surface area (Å²) in [6.07, 6.45) is 0.330. The lowest BCUT2D eigenvalue weighted by atomic mass is 10.0. The largest absolute Gasteiger partial charge is 0.468 e. The van der Waals surface area contributed by atoms with Crippen LogP contribution in [0.1, 0.15) is 18.0 Å². The van der Waals surface area contributed by atoms with Gasteiger partial charge in [-0.3, -0.25) is 19.4 Å². The number of hydrogen-bond acceptors (Lipinski definition) is 7. The minimum absolute atomic E-state index is 0.189. The number of rotatable bonds is 7. The minimum Gasteiger partial charge on any atom is -0.468 e. The van der Waals surface area contributed by atoms with Gasteiger partial charge in [0, 0.05) is 6.42 Å². The van der Waals surface area contributed by atoms with Crippen molar-refractivity contribution in [3.63, 3.8) is 0 Å². The van der Waals surface area contributed by atoms with Crippen LogP contribution in [0.5, 0.6) is 0 Å². The van der Waals surface area contributed by atoms with Crippen molar-refractivity contribution in [2.24, 2.45) is 5.10 Å². The maximum absolute atomic E-state index is 13.2. The molecule has 30 heavy (non-hydrogen) atoms. The Morgan fingerprint density at radius 1 is 0.933 bits per heavy atom. The number of para-hydroxylation sites is 1. The molecule has 0 spiro atoms. The van der Waals surface area contributed by atoms with Crippen LogP contribution in [0.2, 0.25) is 0 Å². The standard InChI is InChI=1S/C22H23N3O5/c1-29-20(26)14-24(15-21(27)30-2)22(28)18-13-19(16-9-5-3-6-10-16)25(23-18)17-11-7-4-8-12-17/h3-12,19H,13-15H2,1-2H3. The first-order chi connectivity index (χ1) is 14.5. The number of hydrazone groups is 1. The Bertz CT molecular complexity index is 912. The summed E-state index contributed by atoms with van der Waals surface area (Å²) in [6, 6.07) is 19.1. The highest BCUT2D eigenvalue weighted by Crippen LogP contribution is 2.35. The highest BCUT2D eigenvalue weighted by atomic mass is 16.5. The first kappa shape index (κ1) is 21.0. The fourth-order valence-electron chi connectivity index (χ4n) is 3.22. The Hall–Kier alpha value is -3.68. The highest BCUT2D eigenvalue weighted by Gasteiger charge is 2.35. The van der Waals surface area contributed by atoms with E-state index >= 15 is 0 Å². The minimum atomic E-state index is -0.634. The normalized spacial score (nSPS) is 15.3. The topological polar surface area (TPSA) is 88.5 Å². The lowest BCUT2D eigenvalue weighted by molar-refractivity contribution is -0.150. The van der Waals surface area contributed by atoms with Crippen molar-refractivity contribution in [1.82, 2.24) is 4.90 Å². The molecule has 0 saturated heterocycles. The van der Waals surface area contributed by atoms with Crippen molar-refractivity contribution in [3.05, 3.63) is 66.2 Å². The van der Waals surface area contributed by atoms with Gasteiger partial charge in [-0.25, -0.2) is 0 Å². The van der Waals surface area contributed by atoms with E-state index in [2.05, 4.69) is 14.6 Å². The van der Waals surface area contributed by atoms with E-state index in [9.17, 15) is 14.4 Å². The molecule has 0 aliphatic carbocycles. The van der Waals surface area contributed by atoms with Crippen molar-refractivity contribution in [2.45, 2.75) is 12.5 Å². The van der Waals surface area contributed by atoms with E-state index in [1.807, 2.05) is 60.7 Å². The second kappa shape index (κ2) is 9.69. The molecule has 156 valence electrons. The molecule has 1 aliphatic heterocycles. The smallest absolute Gasteiger partial charge is 0.325 e. The van der Waals surface area contributed by atoms with Gasteiger partial charge < -0.3 is 14.4 Å². The SMILES string of the molecule is COC(=O)CN(CC(=O)OC)C(=O)C1=NN(c2ccccc2)C(c2ccccc2)C1. The number of amides is 1. The number of anilines is 1. The van der Waals surface area contributed by atoms with Crippen LogP contribution < -0.4 is 5.01 Å². The molecule has 1 aliphatic rings. The van der Waals surface area contributed by atoms with Crippen LogP contribution in [0.4, 0.5) is 5.69 Å². The maximum atomic E-state index is 13.2. The number of methoxy groups -OCH3 is 2. The van der Waals surface area contributed by atoms with Gasteiger partial charge in [0.05, 0.1) is 25.9 Å². The third kappa shape index (κ3) is 4.83. The summed E-state index contributed by atoms with van der Waals surface area (Å²) in [5.74, 6) is -1.78. The molecule has 1 atom stereocenters. The number of nitrogens with zero attached hydrogens (tertiary/aromatic N) is 3. The molecule has 0 aromatic heterocycles. The molecule has 0 saturated carbocycles. The first-order valence-corrected chi connectivity index (χ1v) is 9.43. The predicted octanol–water partition coefficient (Wildman–Crippen LogP) is 2.17. The van der Waals surface area contributed by atoms with Crippen LogP contribution in [0.25, 0.3) is 0 Å². The van der Waals surface area contributed by atoms with E-state index in [4.69, 9.17) is 0 Å². The average molecular weight is 409 g/mol. The molecular formula is C22H23N3O5. The van der Waals surface area contributed by atoms with E-state index in [1.165, 1.54) is 14.2 Å². The van der Waals surface area contributed by atoms with Crippen LogP contribution in [0, 0.1) is 0 Å². The van der Waals surface area contributed by atoms with E-state index < -0.39 is 17.8 Å². The third-order valence-corrected chi connectivity index (χ3v) is 4.74. The number of hydrogen-bond donors (Lipinski definition) is 0. The van der Waals surface area contributed by atoms with Crippen molar-refractivity contribution in [3.8, 4) is 0 Å². The number of esters is 2. The molecule has 3 rings (SSSR count). The lowest BCUT2D eigenvalue weighted by Crippen LogP contribution is -2.43. The monoisotopic (exact) mass is 409 g/mol. The molecule has 0 bridgehead atoms. The van der Waals surface area contributed by atoms with E-state index in [1.54, 1.807) is 5.01 Å². The van der Waals surface area contributed by atoms with Gasteiger partial charge in [0.2, 0.25) is 0 Å². The van der Waals surface area contributed by atoms with Gasteiger partial charge in [0.15, 0.2) is 0 Å². The fourth-order valence-corrected chi connectivity index (χ4v) is 3.22. The molecule has 0 radical (unpaired) electrons. The van der Waals surface area contributed by atoms with Gasteiger partial charge in [-0.2, -0.15) is 5.10 Å². The van der Waals surface area contributed by atoms with Crippen LogP contribution in [0.15, 0.2) is 65.8 Å². The summed E-state index contributed by atoms with van der Waals surface area (Å²) in [5.41, 5.74) is 2.09. The summed E-state index contributed by atoms with van der Waals surface area (Å²) in [5, 5.41) is 6.35. The Morgan fingerprint density at radius 2 is 1.47 bits per heavy atom. The van der Waals surface area contributed by atoms with Crippen LogP contribution in [-0.2, 0) is 23.9 Å². The zero-order chi connectivity index (χ0) is 21.5. The molecule has 2 aromatic rings. The Labute approximate surface area is 174 Å². The van der Waals surface area contributed by atoms with Gasteiger partial charge in [-0.1, -0.05) is 48.5 Å². The molecule has 8 heteroatoms. The fraction of sp³-hybridized carbons (Fsp3) is 0.273. The van der Waals surface area contributed by atoms with Crippen molar-refractivity contribution in [2.75, 3.05) is 32.3 Å². The summed E-state index contributed by atoms with van der Waals surface area (Å²) in [4.78, 5) is 37.8. The Morgan fingerprint density at radius 3 is 2.00 bits per heavy atom. The zero-order valence-electron chi connectivity index (χ0n) is 16.9. The number of carbonyl (C=O) groups is 3. The molecule has 2 aromatic carbocycles. The molecule has 0 fully saturated rings. The third-order valence-electron chi connectivity index (χ3n) is 4.74. The second-order valence-electron chi connectivity index (χ2n) is 6.67. The van der Waals surface area contributed by atoms with Gasteiger partial charge in [-0.05, 0) is 17.7 Å². The molecule has 0 N–H and O–H groups in total. The van der Waals surface area contributed by atoms with Gasteiger partial charge in [-0.15, -0.1) is 0 Å². The van der Waals surface area contributed by atoms with E-state index in [0.29, 0.717) is 6.42 Å². The van der Waals surface area contributed by atoms with Gasteiger partial charge >= 0.3 is 11.9 Å². The quantitative estimate of drug-likeness (QED) is 0.652. The van der Waals surface area contributed by atoms with Gasteiger partial charge in [0.1, 0.15) is 18.8 Å². The molecule has 1 amide bonds. The highest BCUT2D eigenvalue weighted by molar-refractivity contribution is 6.40. The zero-order valence-corrected chi connectivity index (χ0v) is 16.9. The summed E-state index contributed by atoms with van der Waals surface area (Å²) >= 11 is 0. The van der Waals surface area contributed by atoms with Gasteiger partial charge in [0.25, 0.3) is 5.91 Å². The number of benzene rings is 2. The van der Waals surface area contributed by atoms with Crippen molar-refractivity contribution < 1.29 is 23.9 Å². The molecular weight excluding hydrogens is 386 g/mol. The average Bonchev–Trinajstić information content (AvgIpc) is 3.24. The van der Waals surface area contributed by atoms with Crippen LogP contribution in [0.3, 0.4) is 0 Å².